The molecule has 0 bridgehead atoms. The van der Waals surface area contributed by atoms with Crippen LogP contribution in [0.2, 0.25) is 0 Å². The highest BCUT2D eigenvalue weighted by atomic mass is 16.7. The SMILES string of the molecule is CCNC(=O)c1ccc(C)c(Nc2ncnn3cc(C(=O)N(CC)C(=O)OCOC(=O)/C=C/C=O)c(C)c23)c1. The smallest absolute Gasteiger partial charge is 0.419 e. The normalized spacial score (nSPS) is 10.8. The number of aldehydes is 1. The van der Waals surface area contributed by atoms with E-state index in [4.69, 9.17) is 4.74 Å². The average Bonchev–Trinajstić information content (AvgIpc) is 3.26. The minimum Gasteiger partial charge on any atom is -0.425 e. The van der Waals surface area contributed by atoms with Crippen LogP contribution in [-0.4, -0.2) is 69.5 Å². The van der Waals surface area contributed by atoms with E-state index in [1.54, 1.807) is 26.0 Å². The number of imide groups is 1. The van der Waals surface area contributed by atoms with Crippen molar-refractivity contribution < 1.29 is 33.4 Å². The molecule has 0 aliphatic rings. The minimum absolute atomic E-state index is 0.0229. The summed E-state index contributed by atoms with van der Waals surface area (Å²) < 4.78 is 11.0. The number of rotatable bonds is 10. The molecule has 13 nitrogen and oxygen atoms in total. The molecular weight excluding hydrogens is 508 g/mol. The van der Waals surface area contributed by atoms with Gasteiger partial charge in [0.05, 0.1) is 5.56 Å². The second kappa shape index (κ2) is 12.9. The van der Waals surface area contributed by atoms with Gasteiger partial charge in [0.1, 0.15) is 18.1 Å². The number of amides is 3. The molecule has 13 heteroatoms. The van der Waals surface area contributed by atoms with Crippen LogP contribution in [-0.2, 0) is 19.1 Å². The molecule has 0 spiro atoms. The lowest BCUT2D eigenvalue weighted by Gasteiger charge is -2.18. The number of anilines is 2. The third-order valence-electron chi connectivity index (χ3n) is 5.62. The second-order valence-corrected chi connectivity index (χ2v) is 8.12. The van der Waals surface area contributed by atoms with E-state index in [2.05, 4.69) is 25.5 Å². The van der Waals surface area contributed by atoms with Gasteiger partial charge in [0, 0.05) is 36.6 Å². The number of fused-ring (bicyclic) bond motifs is 1. The third kappa shape index (κ3) is 6.63. The fraction of sp³-hybridized carbons (Fsp3) is 0.269. The second-order valence-electron chi connectivity index (χ2n) is 8.12. The topological polar surface area (TPSA) is 161 Å². The van der Waals surface area contributed by atoms with Crippen molar-refractivity contribution in [1.82, 2.24) is 24.8 Å². The zero-order valence-electron chi connectivity index (χ0n) is 21.9. The molecule has 0 fully saturated rings. The van der Waals surface area contributed by atoms with Crippen LogP contribution < -0.4 is 10.6 Å². The predicted molar refractivity (Wildman–Crippen MR) is 140 cm³/mol. The van der Waals surface area contributed by atoms with E-state index in [0.29, 0.717) is 41.0 Å². The molecule has 3 amide bonds. The van der Waals surface area contributed by atoms with Crippen LogP contribution in [0.1, 0.15) is 45.7 Å². The summed E-state index contributed by atoms with van der Waals surface area (Å²) in [6, 6.07) is 5.24. The van der Waals surface area contributed by atoms with Crippen molar-refractivity contribution in [2.75, 3.05) is 25.2 Å². The van der Waals surface area contributed by atoms with E-state index in [1.807, 2.05) is 19.9 Å². The van der Waals surface area contributed by atoms with Crippen LogP contribution in [0.5, 0.6) is 0 Å². The van der Waals surface area contributed by atoms with Gasteiger partial charge in [-0.25, -0.2) is 24.0 Å². The Morgan fingerprint density at radius 1 is 1.13 bits per heavy atom. The molecule has 3 rings (SSSR count). The van der Waals surface area contributed by atoms with Gasteiger partial charge in [-0.2, -0.15) is 5.10 Å². The number of ether oxygens (including phenoxy) is 2. The zero-order valence-corrected chi connectivity index (χ0v) is 21.9. The van der Waals surface area contributed by atoms with Gasteiger partial charge in [0.2, 0.25) is 6.79 Å². The molecule has 0 radical (unpaired) electrons. The standard InChI is InChI=1S/C26H28N6O7/c1-5-27-24(35)18-10-9-16(3)20(12-18)30-23-22-17(4)19(13-32(22)29-14-28-23)25(36)31(6-2)26(37)39-15-38-21(34)8-7-11-33/h7-14H,5-6,15H2,1-4H3,(H,27,35)(H,28,29,30)/b8-7+. The minimum atomic E-state index is -1.02. The summed E-state index contributed by atoms with van der Waals surface area (Å²) >= 11 is 0. The number of esters is 1. The first kappa shape index (κ1) is 28.5. The van der Waals surface area contributed by atoms with Crippen molar-refractivity contribution in [2.24, 2.45) is 0 Å². The molecule has 0 aliphatic heterocycles. The number of nitrogens with zero attached hydrogens (tertiary/aromatic N) is 4. The summed E-state index contributed by atoms with van der Waals surface area (Å²) in [5, 5.41) is 10.2. The molecule has 0 saturated carbocycles. The Morgan fingerprint density at radius 3 is 2.59 bits per heavy atom. The molecular formula is C26H28N6O7. The van der Waals surface area contributed by atoms with Crippen LogP contribution in [0.3, 0.4) is 0 Å². The first-order valence-electron chi connectivity index (χ1n) is 12.0. The van der Waals surface area contributed by atoms with Crippen LogP contribution in [0.4, 0.5) is 16.3 Å². The Hall–Kier alpha value is -5.07. The summed E-state index contributed by atoms with van der Waals surface area (Å²) in [7, 11) is 0. The molecule has 0 aliphatic carbocycles. The molecule has 204 valence electrons. The Balaban J connectivity index is 1.85. The average molecular weight is 537 g/mol. The highest BCUT2D eigenvalue weighted by Gasteiger charge is 2.27. The Kier molecular flexibility index (Phi) is 9.46. The summed E-state index contributed by atoms with van der Waals surface area (Å²) in [6.07, 6.45) is 3.95. The lowest BCUT2D eigenvalue weighted by atomic mass is 10.1. The summed E-state index contributed by atoms with van der Waals surface area (Å²) in [4.78, 5) is 65.0. The number of hydrogen-bond donors (Lipinski definition) is 2. The van der Waals surface area contributed by atoms with Gasteiger partial charge in [-0.3, -0.25) is 14.4 Å². The van der Waals surface area contributed by atoms with E-state index in [9.17, 15) is 24.0 Å². The Bertz CT molecular complexity index is 1450. The zero-order chi connectivity index (χ0) is 28.5. The molecule has 0 saturated heterocycles. The van der Waals surface area contributed by atoms with Gasteiger partial charge in [-0.1, -0.05) is 6.07 Å². The van der Waals surface area contributed by atoms with Crippen molar-refractivity contribution in [3.05, 3.63) is 65.1 Å². The highest BCUT2D eigenvalue weighted by molar-refractivity contribution is 6.05. The summed E-state index contributed by atoms with van der Waals surface area (Å²) in [6.45, 7) is 6.72. The molecule has 0 unspecified atom stereocenters. The number of allylic oxidation sites excluding steroid dienone is 1. The molecule has 1 aromatic carbocycles. The fourth-order valence-corrected chi connectivity index (χ4v) is 3.64. The fourth-order valence-electron chi connectivity index (χ4n) is 3.64. The van der Waals surface area contributed by atoms with Gasteiger partial charge >= 0.3 is 12.1 Å². The summed E-state index contributed by atoms with van der Waals surface area (Å²) in [5.74, 6) is -1.36. The number of carbonyl (C=O) groups is 5. The van der Waals surface area contributed by atoms with E-state index in [-0.39, 0.29) is 18.0 Å². The molecule has 2 aromatic heterocycles. The molecule has 2 heterocycles. The van der Waals surface area contributed by atoms with Gasteiger partial charge in [0.25, 0.3) is 11.8 Å². The van der Waals surface area contributed by atoms with E-state index >= 15 is 0 Å². The summed E-state index contributed by atoms with van der Waals surface area (Å²) in [5.41, 5.74) is 3.14. The van der Waals surface area contributed by atoms with Crippen molar-refractivity contribution in [2.45, 2.75) is 27.7 Å². The van der Waals surface area contributed by atoms with Crippen molar-refractivity contribution in [3.63, 3.8) is 0 Å². The lowest BCUT2D eigenvalue weighted by molar-refractivity contribution is -0.146. The van der Waals surface area contributed by atoms with Crippen molar-refractivity contribution >= 4 is 47.2 Å². The monoisotopic (exact) mass is 536 g/mol. The van der Waals surface area contributed by atoms with E-state index < -0.39 is 24.8 Å². The quantitative estimate of drug-likeness (QED) is 0.171. The maximum absolute atomic E-state index is 13.3. The largest absolute Gasteiger partial charge is 0.425 e. The molecule has 0 atom stereocenters. The predicted octanol–water partition coefficient (Wildman–Crippen LogP) is 2.69. The van der Waals surface area contributed by atoms with Crippen molar-refractivity contribution in [1.29, 1.82) is 0 Å². The lowest BCUT2D eigenvalue weighted by Crippen LogP contribution is -2.37. The van der Waals surface area contributed by atoms with E-state index in [0.717, 1.165) is 22.6 Å². The number of aromatic nitrogens is 3. The van der Waals surface area contributed by atoms with E-state index in [1.165, 1.54) is 17.0 Å². The van der Waals surface area contributed by atoms with Gasteiger partial charge in [-0.05, 0) is 57.0 Å². The van der Waals surface area contributed by atoms with Crippen LogP contribution in [0.25, 0.3) is 5.52 Å². The van der Waals surface area contributed by atoms with Gasteiger partial charge in [0.15, 0.2) is 5.82 Å². The first-order valence-corrected chi connectivity index (χ1v) is 12.0. The maximum atomic E-state index is 13.3. The van der Waals surface area contributed by atoms with Crippen molar-refractivity contribution in [3.8, 4) is 0 Å². The van der Waals surface area contributed by atoms with Crippen LogP contribution in [0, 0.1) is 13.8 Å². The Morgan fingerprint density at radius 2 is 1.90 bits per heavy atom. The molecule has 2 N–H and O–H groups in total. The highest BCUT2D eigenvalue weighted by Crippen LogP contribution is 2.28. The third-order valence-corrected chi connectivity index (χ3v) is 5.62. The number of carbonyl (C=O) groups excluding carboxylic acids is 5. The maximum Gasteiger partial charge on any atom is 0.419 e. The van der Waals surface area contributed by atoms with Gasteiger partial charge < -0.3 is 20.1 Å². The molecule has 39 heavy (non-hydrogen) atoms. The van der Waals surface area contributed by atoms with Gasteiger partial charge in [-0.15, -0.1) is 0 Å². The first-order chi connectivity index (χ1) is 18.7. The number of nitrogens with one attached hydrogen (secondary N) is 2. The molecule has 3 aromatic rings. The van der Waals surface area contributed by atoms with Crippen LogP contribution in [0.15, 0.2) is 42.9 Å². The number of hydrogen-bond acceptors (Lipinski definition) is 10. The number of benzene rings is 1. The number of aryl methyl sites for hydroxylation is 2. The Labute approximate surface area is 223 Å². The van der Waals surface area contributed by atoms with Crippen LogP contribution >= 0.6 is 0 Å².